The van der Waals surface area contributed by atoms with E-state index in [-0.39, 0.29) is 5.92 Å². The summed E-state index contributed by atoms with van der Waals surface area (Å²) < 4.78 is 0. The zero-order valence-corrected chi connectivity index (χ0v) is 8.01. The lowest BCUT2D eigenvalue weighted by Crippen LogP contribution is -2.33. The summed E-state index contributed by atoms with van der Waals surface area (Å²) >= 11 is 0. The molecule has 0 amide bonds. The van der Waals surface area contributed by atoms with E-state index in [1.807, 2.05) is 0 Å². The number of nitrogens with one attached hydrogen (secondary N) is 1. The highest BCUT2D eigenvalue weighted by Gasteiger charge is 2.21. The first-order valence-electron chi connectivity index (χ1n) is 4.87. The van der Waals surface area contributed by atoms with Gasteiger partial charge in [0, 0.05) is 12.0 Å². The molecule has 2 unspecified atom stereocenters. The number of hydrogen-bond donors (Lipinski definition) is 1. The van der Waals surface area contributed by atoms with Crippen LogP contribution in [-0.4, -0.2) is 12.6 Å². The van der Waals surface area contributed by atoms with Crippen LogP contribution in [0.4, 0.5) is 0 Å². The molecule has 0 spiro atoms. The van der Waals surface area contributed by atoms with Gasteiger partial charge in [-0.25, -0.2) is 0 Å². The molecule has 1 fully saturated rings. The average Bonchev–Trinajstić information content (AvgIpc) is 2.28. The van der Waals surface area contributed by atoms with Crippen LogP contribution in [0, 0.1) is 23.2 Å². The van der Waals surface area contributed by atoms with Crippen LogP contribution in [0.2, 0.25) is 0 Å². The van der Waals surface area contributed by atoms with E-state index in [2.05, 4.69) is 25.2 Å². The average molecular weight is 166 g/mol. The van der Waals surface area contributed by atoms with Crippen molar-refractivity contribution in [3.63, 3.8) is 0 Å². The largest absolute Gasteiger partial charge is 0.314 e. The molecular weight excluding hydrogens is 148 g/mol. The molecule has 0 aliphatic carbocycles. The summed E-state index contributed by atoms with van der Waals surface area (Å²) in [5, 5.41) is 12.3. The van der Waals surface area contributed by atoms with E-state index < -0.39 is 0 Å². The van der Waals surface area contributed by atoms with Crippen molar-refractivity contribution in [1.82, 2.24) is 5.32 Å². The Morgan fingerprint density at radius 1 is 1.50 bits per heavy atom. The van der Waals surface area contributed by atoms with Crippen molar-refractivity contribution >= 4 is 0 Å². The summed E-state index contributed by atoms with van der Waals surface area (Å²) in [4.78, 5) is 0. The molecular formula is C10H18N2. The van der Waals surface area contributed by atoms with E-state index in [0.29, 0.717) is 12.0 Å². The molecule has 1 rings (SSSR count). The summed E-state index contributed by atoms with van der Waals surface area (Å²) in [7, 11) is 0. The summed E-state index contributed by atoms with van der Waals surface area (Å²) in [5.41, 5.74) is 0. The highest BCUT2D eigenvalue weighted by Crippen LogP contribution is 2.20. The van der Waals surface area contributed by atoms with Gasteiger partial charge in [0.05, 0.1) is 6.07 Å². The van der Waals surface area contributed by atoms with Crippen molar-refractivity contribution in [2.24, 2.45) is 11.8 Å². The minimum absolute atomic E-state index is 0.285. The Morgan fingerprint density at radius 2 is 2.25 bits per heavy atom. The van der Waals surface area contributed by atoms with Gasteiger partial charge in [-0.3, -0.25) is 0 Å². The molecule has 1 N–H and O–H groups in total. The lowest BCUT2D eigenvalue weighted by Gasteiger charge is -2.20. The van der Waals surface area contributed by atoms with Crippen molar-refractivity contribution in [3.8, 4) is 6.07 Å². The first-order chi connectivity index (χ1) is 5.74. The van der Waals surface area contributed by atoms with Gasteiger partial charge in [0.15, 0.2) is 0 Å². The van der Waals surface area contributed by atoms with Crippen molar-refractivity contribution in [2.75, 3.05) is 6.54 Å². The lowest BCUT2D eigenvalue weighted by atomic mass is 9.93. The van der Waals surface area contributed by atoms with Crippen LogP contribution in [0.1, 0.15) is 33.1 Å². The molecule has 0 aromatic heterocycles. The van der Waals surface area contributed by atoms with Crippen LogP contribution in [0.3, 0.4) is 0 Å². The first kappa shape index (κ1) is 9.54. The zero-order valence-electron chi connectivity index (χ0n) is 8.01. The maximum Gasteiger partial charge on any atom is 0.0656 e. The minimum Gasteiger partial charge on any atom is -0.314 e. The maximum atomic E-state index is 8.84. The Morgan fingerprint density at radius 3 is 2.83 bits per heavy atom. The summed E-state index contributed by atoms with van der Waals surface area (Å²) in [5.74, 6) is 0.936. The van der Waals surface area contributed by atoms with Crippen molar-refractivity contribution in [1.29, 1.82) is 5.26 Å². The molecule has 1 aliphatic rings. The van der Waals surface area contributed by atoms with Gasteiger partial charge in [0.25, 0.3) is 0 Å². The van der Waals surface area contributed by atoms with E-state index in [0.717, 1.165) is 25.8 Å². The predicted molar refractivity (Wildman–Crippen MR) is 49.6 cm³/mol. The monoisotopic (exact) mass is 166 g/mol. The van der Waals surface area contributed by atoms with E-state index in [1.54, 1.807) is 0 Å². The molecule has 2 nitrogen and oxygen atoms in total. The molecule has 1 saturated heterocycles. The molecule has 0 bridgehead atoms. The molecule has 0 aromatic carbocycles. The Kier molecular flexibility index (Phi) is 3.55. The highest BCUT2D eigenvalue weighted by atomic mass is 14.9. The van der Waals surface area contributed by atoms with E-state index in [9.17, 15) is 0 Å². The number of rotatable bonds is 1. The van der Waals surface area contributed by atoms with E-state index in [1.165, 1.54) is 0 Å². The van der Waals surface area contributed by atoms with Crippen LogP contribution in [0.25, 0.3) is 0 Å². The molecule has 0 aromatic rings. The van der Waals surface area contributed by atoms with Gasteiger partial charge in [-0.1, -0.05) is 13.8 Å². The van der Waals surface area contributed by atoms with Crippen molar-refractivity contribution in [3.05, 3.63) is 0 Å². The Bertz CT molecular complexity index is 169. The molecule has 12 heavy (non-hydrogen) atoms. The number of nitriles is 1. The molecule has 2 heteroatoms. The highest BCUT2D eigenvalue weighted by molar-refractivity contribution is 4.89. The Balaban J connectivity index is 2.49. The SMILES string of the molecule is CC(C)C1CC(C#N)CCCN1. The molecule has 1 heterocycles. The normalized spacial score (nSPS) is 31.2. The zero-order chi connectivity index (χ0) is 8.97. The fourth-order valence-electron chi connectivity index (χ4n) is 1.77. The fraction of sp³-hybridized carbons (Fsp3) is 0.900. The van der Waals surface area contributed by atoms with Crippen molar-refractivity contribution < 1.29 is 0 Å². The van der Waals surface area contributed by atoms with Crippen LogP contribution in [0.5, 0.6) is 0 Å². The van der Waals surface area contributed by atoms with Gasteiger partial charge in [0.2, 0.25) is 0 Å². The van der Waals surface area contributed by atoms with Crippen molar-refractivity contribution in [2.45, 2.75) is 39.2 Å². The smallest absolute Gasteiger partial charge is 0.0656 e. The van der Waals surface area contributed by atoms with Gasteiger partial charge in [0.1, 0.15) is 0 Å². The van der Waals surface area contributed by atoms with Crippen LogP contribution >= 0.6 is 0 Å². The first-order valence-corrected chi connectivity index (χ1v) is 4.87. The van der Waals surface area contributed by atoms with Gasteiger partial charge in [-0.15, -0.1) is 0 Å². The molecule has 0 saturated carbocycles. The third-order valence-corrected chi connectivity index (χ3v) is 2.66. The molecule has 1 aliphatic heterocycles. The van der Waals surface area contributed by atoms with Gasteiger partial charge in [-0.2, -0.15) is 5.26 Å². The predicted octanol–water partition coefficient (Wildman–Crippen LogP) is 1.92. The van der Waals surface area contributed by atoms with Gasteiger partial charge >= 0.3 is 0 Å². The topological polar surface area (TPSA) is 35.8 Å². The molecule has 0 radical (unpaired) electrons. The quantitative estimate of drug-likeness (QED) is 0.646. The Hall–Kier alpha value is -0.550. The van der Waals surface area contributed by atoms with Gasteiger partial charge in [-0.05, 0) is 31.7 Å². The minimum atomic E-state index is 0.285. The maximum absolute atomic E-state index is 8.84. The number of hydrogen-bond acceptors (Lipinski definition) is 2. The van der Waals surface area contributed by atoms with Crippen LogP contribution in [-0.2, 0) is 0 Å². The van der Waals surface area contributed by atoms with Crippen LogP contribution in [0.15, 0.2) is 0 Å². The number of nitrogens with zero attached hydrogens (tertiary/aromatic N) is 1. The van der Waals surface area contributed by atoms with Gasteiger partial charge < -0.3 is 5.32 Å². The molecule has 68 valence electrons. The third kappa shape index (κ3) is 2.49. The van der Waals surface area contributed by atoms with E-state index >= 15 is 0 Å². The summed E-state index contributed by atoms with van der Waals surface area (Å²) in [6.45, 7) is 5.52. The standard InChI is InChI=1S/C10H18N2/c1-8(2)10-6-9(7-11)4-3-5-12-10/h8-10,12H,3-6H2,1-2H3. The second kappa shape index (κ2) is 4.47. The lowest BCUT2D eigenvalue weighted by molar-refractivity contribution is 0.374. The second-order valence-corrected chi connectivity index (χ2v) is 4.01. The summed E-state index contributed by atoms with van der Waals surface area (Å²) in [6, 6.07) is 2.94. The Labute approximate surface area is 75.0 Å². The fourth-order valence-corrected chi connectivity index (χ4v) is 1.77. The van der Waals surface area contributed by atoms with E-state index in [4.69, 9.17) is 5.26 Å². The molecule has 2 atom stereocenters. The third-order valence-electron chi connectivity index (χ3n) is 2.66. The second-order valence-electron chi connectivity index (χ2n) is 4.01. The van der Waals surface area contributed by atoms with Crippen LogP contribution < -0.4 is 5.32 Å². The summed E-state index contributed by atoms with van der Waals surface area (Å²) in [6.07, 6.45) is 3.27.